The fourth-order valence-electron chi connectivity index (χ4n) is 2.33. The largest absolute Gasteiger partial charge is 0.255 e. The number of alkyl halides is 1. The van der Waals surface area contributed by atoms with Gasteiger partial charge in [-0.05, 0) is 25.2 Å². The van der Waals surface area contributed by atoms with Gasteiger partial charge < -0.3 is 0 Å². The van der Waals surface area contributed by atoms with E-state index in [-0.39, 0.29) is 0 Å². The number of aromatic nitrogens is 3. The van der Waals surface area contributed by atoms with Gasteiger partial charge in [0.1, 0.15) is 0 Å². The fraction of sp³-hybridized carbons (Fsp3) is 0.818. The zero-order chi connectivity index (χ0) is 10.7. The summed E-state index contributed by atoms with van der Waals surface area (Å²) in [7, 11) is 1.90. The van der Waals surface area contributed by atoms with E-state index in [9.17, 15) is 0 Å². The van der Waals surface area contributed by atoms with E-state index in [2.05, 4.69) is 10.3 Å². The summed E-state index contributed by atoms with van der Waals surface area (Å²) < 4.78 is 1.76. The predicted octanol–water partition coefficient (Wildman–Crippen LogP) is 2.55. The normalized spacial score (nSPS) is 27.6. The van der Waals surface area contributed by atoms with Crippen LogP contribution < -0.4 is 0 Å². The van der Waals surface area contributed by atoms with E-state index in [1.807, 2.05) is 13.2 Å². The summed E-state index contributed by atoms with van der Waals surface area (Å²) in [6, 6.07) is 0. The Hall–Kier alpha value is -0.570. The lowest BCUT2D eigenvalue weighted by Crippen LogP contribution is -2.16. The van der Waals surface area contributed by atoms with Gasteiger partial charge in [0.15, 0.2) is 0 Å². The number of rotatable bonds is 2. The third-order valence-electron chi connectivity index (χ3n) is 3.19. The molecule has 1 aromatic heterocycles. The SMILES string of the molecule is Cn1cc(CC2CCCCCC2Cl)nn1. The second-order valence-electron chi connectivity index (χ2n) is 4.50. The molecular formula is C11H18ClN3. The maximum absolute atomic E-state index is 6.39. The minimum atomic E-state index is 0.328. The topological polar surface area (TPSA) is 30.7 Å². The highest BCUT2D eigenvalue weighted by Gasteiger charge is 2.22. The second kappa shape index (κ2) is 4.97. The number of hydrogen-bond donors (Lipinski definition) is 0. The van der Waals surface area contributed by atoms with Gasteiger partial charge in [-0.25, -0.2) is 0 Å². The monoisotopic (exact) mass is 227 g/mol. The van der Waals surface area contributed by atoms with Crippen LogP contribution in [0.3, 0.4) is 0 Å². The zero-order valence-electron chi connectivity index (χ0n) is 9.19. The Morgan fingerprint density at radius 2 is 2.20 bits per heavy atom. The Balaban J connectivity index is 1.97. The summed E-state index contributed by atoms with van der Waals surface area (Å²) in [6.07, 6.45) is 9.31. The molecule has 1 saturated carbocycles. The van der Waals surface area contributed by atoms with Crippen molar-refractivity contribution >= 4 is 11.6 Å². The van der Waals surface area contributed by atoms with Crippen LogP contribution in [0.5, 0.6) is 0 Å². The molecular weight excluding hydrogens is 210 g/mol. The molecule has 0 spiro atoms. The first-order valence-corrected chi connectivity index (χ1v) is 6.18. The highest BCUT2D eigenvalue weighted by molar-refractivity contribution is 6.20. The molecule has 1 heterocycles. The van der Waals surface area contributed by atoms with Crippen molar-refractivity contribution in [2.75, 3.05) is 0 Å². The molecule has 3 nitrogen and oxygen atoms in total. The third-order valence-corrected chi connectivity index (χ3v) is 3.76. The summed E-state index contributed by atoms with van der Waals surface area (Å²) in [5.41, 5.74) is 1.08. The molecule has 0 radical (unpaired) electrons. The molecule has 4 heteroatoms. The zero-order valence-corrected chi connectivity index (χ0v) is 9.95. The third kappa shape index (κ3) is 2.94. The van der Waals surface area contributed by atoms with Crippen molar-refractivity contribution in [3.63, 3.8) is 0 Å². The highest BCUT2D eigenvalue weighted by Crippen LogP contribution is 2.29. The van der Waals surface area contributed by atoms with Gasteiger partial charge in [0.25, 0.3) is 0 Å². The molecule has 15 heavy (non-hydrogen) atoms. The van der Waals surface area contributed by atoms with Gasteiger partial charge >= 0.3 is 0 Å². The van der Waals surface area contributed by atoms with Gasteiger partial charge in [0.05, 0.1) is 5.69 Å². The molecule has 0 bridgehead atoms. The Bertz CT molecular complexity index is 311. The molecule has 1 aliphatic carbocycles. The van der Waals surface area contributed by atoms with Crippen LogP contribution >= 0.6 is 11.6 Å². The second-order valence-corrected chi connectivity index (χ2v) is 5.06. The molecule has 1 aliphatic rings. The molecule has 0 aliphatic heterocycles. The van der Waals surface area contributed by atoms with E-state index in [1.54, 1.807) is 4.68 Å². The van der Waals surface area contributed by atoms with Crippen molar-refractivity contribution < 1.29 is 0 Å². The molecule has 2 rings (SSSR count). The van der Waals surface area contributed by atoms with Crippen molar-refractivity contribution in [2.45, 2.75) is 43.9 Å². The maximum Gasteiger partial charge on any atom is 0.0830 e. The minimum absolute atomic E-state index is 0.328. The van der Waals surface area contributed by atoms with Crippen LogP contribution in [-0.2, 0) is 13.5 Å². The van der Waals surface area contributed by atoms with Crippen LogP contribution in [0.1, 0.15) is 37.8 Å². The summed E-state index contributed by atoms with van der Waals surface area (Å²) >= 11 is 6.39. The first-order chi connectivity index (χ1) is 7.25. The van der Waals surface area contributed by atoms with Crippen molar-refractivity contribution in [1.29, 1.82) is 0 Å². The van der Waals surface area contributed by atoms with Crippen molar-refractivity contribution in [3.8, 4) is 0 Å². The predicted molar refractivity (Wildman–Crippen MR) is 60.9 cm³/mol. The summed E-state index contributed by atoms with van der Waals surface area (Å²) in [4.78, 5) is 0. The Morgan fingerprint density at radius 1 is 1.40 bits per heavy atom. The molecule has 2 atom stereocenters. The van der Waals surface area contributed by atoms with Gasteiger partial charge in [-0.2, -0.15) is 0 Å². The molecule has 1 aromatic rings. The van der Waals surface area contributed by atoms with E-state index in [0.717, 1.165) is 18.5 Å². The lowest BCUT2D eigenvalue weighted by Gasteiger charge is -2.17. The molecule has 0 aromatic carbocycles. The molecule has 0 saturated heterocycles. The number of hydrogen-bond acceptors (Lipinski definition) is 2. The molecule has 1 fully saturated rings. The van der Waals surface area contributed by atoms with Crippen LogP contribution in [-0.4, -0.2) is 20.4 Å². The first kappa shape index (κ1) is 10.9. The Kier molecular flexibility index (Phi) is 3.62. The van der Waals surface area contributed by atoms with Gasteiger partial charge in [-0.1, -0.05) is 24.5 Å². The first-order valence-electron chi connectivity index (χ1n) is 5.75. The smallest absolute Gasteiger partial charge is 0.0830 e. The van der Waals surface area contributed by atoms with E-state index in [4.69, 9.17) is 11.6 Å². The quantitative estimate of drug-likeness (QED) is 0.574. The summed E-state index contributed by atoms with van der Waals surface area (Å²) in [5, 5.41) is 8.41. The lowest BCUT2D eigenvalue weighted by atomic mass is 9.95. The minimum Gasteiger partial charge on any atom is -0.255 e. The summed E-state index contributed by atoms with van der Waals surface area (Å²) in [6.45, 7) is 0. The van der Waals surface area contributed by atoms with Crippen LogP contribution in [0, 0.1) is 5.92 Å². The van der Waals surface area contributed by atoms with Crippen molar-refractivity contribution in [1.82, 2.24) is 15.0 Å². The van der Waals surface area contributed by atoms with Crippen LogP contribution in [0.4, 0.5) is 0 Å². The van der Waals surface area contributed by atoms with Crippen molar-refractivity contribution in [2.24, 2.45) is 13.0 Å². The number of halogens is 1. The molecule has 0 N–H and O–H groups in total. The number of nitrogens with zero attached hydrogens (tertiary/aromatic N) is 3. The van der Waals surface area contributed by atoms with E-state index in [0.29, 0.717) is 11.3 Å². The van der Waals surface area contributed by atoms with E-state index in [1.165, 1.54) is 25.7 Å². The molecule has 0 amide bonds. The fourth-order valence-corrected chi connectivity index (χ4v) is 2.70. The van der Waals surface area contributed by atoms with Gasteiger partial charge in [0, 0.05) is 18.6 Å². The van der Waals surface area contributed by atoms with Gasteiger partial charge in [-0.3, -0.25) is 4.68 Å². The van der Waals surface area contributed by atoms with E-state index < -0.39 is 0 Å². The van der Waals surface area contributed by atoms with Gasteiger partial charge in [-0.15, -0.1) is 16.7 Å². The van der Waals surface area contributed by atoms with Gasteiger partial charge in [0.2, 0.25) is 0 Å². The lowest BCUT2D eigenvalue weighted by molar-refractivity contribution is 0.460. The van der Waals surface area contributed by atoms with Crippen LogP contribution in [0.15, 0.2) is 6.20 Å². The average molecular weight is 228 g/mol. The Morgan fingerprint density at radius 3 is 2.93 bits per heavy atom. The standard InChI is InChI=1S/C11H18ClN3/c1-15-8-10(13-14-15)7-9-5-3-2-4-6-11(9)12/h8-9,11H,2-7H2,1H3. The Labute approximate surface area is 95.8 Å². The van der Waals surface area contributed by atoms with Crippen LogP contribution in [0.2, 0.25) is 0 Å². The summed E-state index contributed by atoms with van der Waals surface area (Å²) in [5.74, 6) is 0.589. The average Bonchev–Trinajstić information content (AvgIpc) is 2.50. The van der Waals surface area contributed by atoms with Crippen molar-refractivity contribution in [3.05, 3.63) is 11.9 Å². The maximum atomic E-state index is 6.39. The highest BCUT2D eigenvalue weighted by atomic mass is 35.5. The van der Waals surface area contributed by atoms with E-state index >= 15 is 0 Å². The van der Waals surface area contributed by atoms with Crippen LogP contribution in [0.25, 0.3) is 0 Å². The molecule has 2 unspecified atom stereocenters. The number of aryl methyl sites for hydroxylation is 1. The molecule has 84 valence electrons.